The van der Waals surface area contributed by atoms with Gasteiger partial charge < -0.3 is 19.4 Å². The number of carboxylic acids is 1. The second-order valence-corrected chi connectivity index (χ2v) is 9.62. The summed E-state index contributed by atoms with van der Waals surface area (Å²) in [6.07, 6.45) is 2.80. The highest BCUT2D eigenvalue weighted by atomic mass is 16.5. The molecule has 4 heterocycles. The highest BCUT2D eigenvalue weighted by Crippen LogP contribution is 2.40. The van der Waals surface area contributed by atoms with Gasteiger partial charge in [-0.15, -0.1) is 0 Å². The molecule has 2 aromatic heterocycles. The molecule has 6 rings (SSSR count). The van der Waals surface area contributed by atoms with E-state index in [-0.39, 0.29) is 17.4 Å². The molecule has 7 heteroatoms. The van der Waals surface area contributed by atoms with Crippen molar-refractivity contribution in [1.29, 1.82) is 0 Å². The molecule has 0 spiro atoms. The van der Waals surface area contributed by atoms with Crippen LogP contribution in [0.25, 0.3) is 10.9 Å². The number of aromatic amines is 1. The number of hydrogen-bond donors (Lipinski definition) is 2. The van der Waals surface area contributed by atoms with Crippen molar-refractivity contribution in [1.82, 2.24) is 14.5 Å². The van der Waals surface area contributed by atoms with Gasteiger partial charge in [-0.3, -0.25) is 14.5 Å². The molecule has 1 saturated heterocycles. The van der Waals surface area contributed by atoms with Gasteiger partial charge in [0.05, 0.1) is 0 Å². The van der Waals surface area contributed by atoms with Gasteiger partial charge in [0.1, 0.15) is 18.4 Å². The molecule has 0 saturated carbocycles. The summed E-state index contributed by atoms with van der Waals surface area (Å²) in [6.45, 7) is 2.38. The lowest BCUT2D eigenvalue weighted by Gasteiger charge is -2.44. The zero-order chi connectivity index (χ0) is 23.9. The molecule has 3 atom stereocenters. The number of rotatable bonds is 6. The Balaban J connectivity index is 1.27. The number of aromatic nitrogens is 2. The maximum absolute atomic E-state index is 12.6. The van der Waals surface area contributed by atoms with Crippen LogP contribution in [0, 0.1) is 5.92 Å². The van der Waals surface area contributed by atoms with Crippen LogP contribution in [0.3, 0.4) is 0 Å². The lowest BCUT2D eigenvalue weighted by molar-refractivity contribution is -0.144. The van der Waals surface area contributed by atoms with Crippen LogP contribution in [0.15, 0.2) is 77.7 Å². The smallest absolute Gasteiger partial charge is 0.325 e. The number of nitrogens with one attached hydrogen (secondary N) is 1. The van der Waals surface area contributed by atoms with Gasteiger partial charge in [-0.1, -0.05) is 36.4 Å². The first-order chi connectivity index (χ1) is 17.1. The van der Waals surface area contributed by atoms with Crippen LogP contribution in [0.5, 0.6) is 5.75 Å². The van der Waals surface area contributed by atoms with Crippen molar-refractivity contribution in [2.45, 2.75) is 31.5 Å². The van der Waals surface area contributed by atoms with Crippen molar-refractivity contribution in [2.75, 3.05) is 13.1 Å². The average Bonchev–Trinajstić information content (AvgIpc) is 3.27. The van der Waals surface area contributed by atoms with Crippen LogP contribution >= 0.6 is 0 Å². The Morgan fingerprint density at radius 2 is 1.91 bits per heavy atom. The highest BCUT2D eigenvalue weighted by molar-refractivity contribution is 5.90. The summed E-state index contributed by atoms with van der Waals surface area (Å²) in [6, 6.07) is 20.4. The second kappa shape index (κ2) is 8.74. The first kappa shape index (κ1) is 21.7. The fourth-order valence-electron chi connectivity index (χ4n) is 5.81. The van der Waals surface area contributed by atoms with E-state index in [1.165, 1.54) is 0 Å². The van der Waals surface area contributed by atoms with Gasteiger partial charge in [0, 0.05) is 66.0 Å². The lowest BCUT2D eigenvalue weighted by atomic mass is 9.82. The normalized spacial score (nSPS) is 20.3. The number of H-pyrrole nitrogens is 1. The van der Waals surface area contributed by atoms with Gasteiger partial charge in [-0.2, -0.15) is 0 Å². The fraction of sp³-hybridized carbons (Fsp3) is 0.286. The second-order valence-electron chi connectivity index (χ2n) is 9.62. The number of likely N-dealkylation sites (tertiary alicyclic amines) is 1. The van der Waals surface area contributed by atoms with Crippen LogP contribution in [0.1, 0.15) is 35.2 Å². The molecule has 0 radical (unpaired) electrons. The Labute approximate surface area is 202 Å². The molecule has 2 N–H and O–H groups in total. The van der Waals surface area contributed by atoms with E-state index in [1.807, 2.05) is 65.4 Å². The number of carboxylic acid groups (broad SMARTS) is 1. The third-order valence-electron chi connectivity index (χ3n) is 7.34. The topological polar surface area (TPSA) is 87.6 Å². The molecule has 2 aliphatic heterocycles. The van der Waals surface area contributed by atoms with Crippen molar-refractivity contribution in [3.05, 3.63) is 100 Å². The molecule has 7 nitrogen and oxygen atoms in total. The first-order valence-corrected chi connectivity index (χ1v) is 12.0. The maximum atomic E-state index is 12.6. The molecule has 1 fully saturated rings. The monoisotopic (exact) mass is 469 g/mol. The quantitative estimate of drug-likeness (QED) is 0.443. The van der Waals surface area contributed by atoms with Crippen LogP contribution in [0.4, 0.5) is 0 Å². The Morgan fingerprint density at radius 1 is 1.06 bits per heavy atom. The summed E-state index contributed by atoms with van der Waals surface area (Å²) in [5.74, 6) is 0.282. The van der Waals surface area contributed by atoms with Gasteiger partial charge in [0.25, 0.3) is 5.56 Å². The van der Waals surface area contributed by atoms with E-state index >= 15 is 0 Å². The lowest BCUT2D eigenvalue weighted by Crippen LogP contribution is -2.49. The van der Waals surface area contributed by atoms with Crippen molar-refractivity contribution >= 4 is 16.9 Å². The third-order valence-corrected chi connectivity index (χ3v) is 7.34. The van der Waals surface area contributed by atoms with E-state index in [0.29, 0.717) is 26.2 Å². The number of hydrogen-bond acceptors (Lipinski definition) is 4. The molecule has 178 valence electrons. The Kier molecular flexibility index (Phi) is 5.41. The summed E-state index contributed by atoms with van der Waals surface area (Å²) < 4.78 is 7.82. The number of benzene rings is 2. The molecular formula is C28H27N3O4. The Hall–Kier alpha value is -3.84. The maximum Gasteiger partial charge on any atom is 0.325 e. The zero-order valence-electron chi connectivity index (χ0n) is 19.3. The fourth-order valence-corrected chi connectivity index (χ4v) is 5.81. The number of nitrogens with zero attached hydrogens (tertiary/aromatic N) is 2. The summed E-state index contributed by atoms with van der Waals surface area (Å²) >= 11 is 0. The number of piperidine rings is 1. The van der Waals surface area contributed by atoms with Crippen LogP contribution < -0.4 is 10.3 Å². The summed E-state index contributed by atoms with van der Waals surface area (Å²) in [5.41, 5.74) is 3.74. The SMILES string of the molecule is O=C(O)C(c1c[nH]c2cc(OCc3ccccc3)ccc12)N1C[C@@H]2C[C@@H](C1)c1cccc(=O)n1C2. The highest BCUT2D eigenvalue weighted by Gasteiger charge is 2.40. The average molecular weight is 470 g/mol. The standard InChI is InChI=1S/C28H27N3O4/c32-26-8-4-7-25-20-11-19(15-31(25)26)14-30(16-20)27(28(33)34)23-13-29-24-12-21(9-10-22(23)24)35-17-18-5-2-1-3-6-18/h1-10,12-13,19-20,27,29H,11,14-17H2,(H,33,34)/t19-,20-,27?/m0/s1. The first-order valence-electron chi connectivity index (χ1n) is 12.0. The van der Waals surface area contributed by atoms with E-state index in [2.05, 4.69) is 9.88 Å². The van der Waals surface area contributed by atoms with Crippen LogP contribution in [0.2, 0.25) is 0 Å². The predicted molar refractivity (Wildman–Crippen MR) is 133 cm³/mol. The minimum atomic E-state index is -0.860. The molecule has 2 aromatic carbocycles. The number of carbonyl (C=O) groups is 1. The van der Waals surface area contributed by atoms with Crippen LogP contribution in [-0.2, 0) is 17.9 Å². The molecule has 0 amide bonds. The number of aliphatic carboxylic acids is 1. The van der Waals surface area contributed by atoms with E-state index in [0.717, 1.165) is 39.9 Å². The summed E-state index contributed by atoms with van der Waals surface area (Å²) in [4.78, 5) is 30.2. The van der Waals surface area contributed by atoms with E-state index in [4.69, 9.17) is 4.74 Å². The Morgan fingerprint density at radius 3 is 2.74 bits per heavy atom. The number of fused-ring (bicyclic) bond motifs is 5. The molecule has 2 aliphatic rings. The Bertz CT molecular complexity index is 1440. The zero-order valence-corrected chi connectivity index (χ0v) is 19.3. The molecule has 0 aliphatic carbocycles. The molecule has 35 heavy (non-hydrogen) atoms. The van der Waals surface area contributed by atoms with Gasteiger partial charge in [-0.25, -0.2) is 0 Å². The van der Waals surface area contributed by atoms with Crippen molar-refractivity contribution in [3.63, 3.8) is 0 Å². The molecule has 4 aromatic rings. The van der Waals surface area contributed by atoms with Gasteiger partial charge in [0.2, 0.25) is 0 Å². The number of pyridine rings is 1. The van der Waals surface area contributed by atoms with Gasteiger partial charge in [0.15, 0.2) is 0 Å². The van der Waals surface area contributed by atoms with Crippen molar-refractivity contribution < 1.29 is 14.6 Å². The largest absolute Gasteiger partial charge is 0.489 e. The van der Waals surface area contributed by atoms with Gasteiger partial charge >= 0.3 is 5.97 Å². The van der Waals surface area contributed by atoms with E-state index in [1.54, 1.807) is 12.1 Å². The summed E-state index contributed by atoms with van der Waals surface area (Å²) in [7, 11) is 0. The van der Waals surface area contributed by atoms with Crippen LogP contribution in [-0.4, -0.2) is 38.6 Å². The third kappa shape index (κ3) is 4.02. The minimum absolute atomic E-state index is 0.0300. The summed E-state index contributed by atoms with van der Waals surface area (Å²) in [5, 5.41) is 11.2. The number of ether oxygens (including phenoxy) is 1. The minimum Gasteiger partial charge on any atom is -0.489 e. The molecule has 1 unspecified atom stereocenters. The predicted octanol–water partition coefficient (Wildman–Crippen LogP) is 4.15. The van der Waals surface area contributed by atoms with Crippen molar-refractivity contribution in [3.8, 4) is 5.75 Å². The van der Waals surface area contributed by atoms with Gasteiger partial charge in [-0.05, 0) is 36.1 Å². The van der Waals surface area contributed by atoms with Crippen molar-refractivity contribution in [2.24, 2.45) is 5.92 Å². The molecule has 2 bridgehead atoms. The van der Waals surface area contributed by atoms with E-state index in [9.17, 15) is 14.7 Å². The molecular weight excluding hydrogens is 442 g/mol. The van der Waals surface area contributed by atoms with E-state index < -0.39 is 12.0 Å².